The van der Waals surface area contributed by atoms with E-state index in [1.807, 2.05) is 30.3 Å². The van der Waals surface area contributed by atoms with Crippen LogP contribution in [0.15, 0.2) is 30.3 Å². The van der Waals surface area contributed by atoms with Crippen molar-refractivity contribution in [2.24, 2.45) is 11.8 Å². The van der Waals surface area contributed by atoms with Crippen molar-refractivity contribution < 1.29 is 14.3 Å². The van der Waals surface area contributed by atoms with E-state index in [1.165, 1.54) is 0 Å². The number of ether oxygens (including phenoxy) is 1. The second kappa shape index (κ2) is 5.88. The van der Waals surface area contributed by atoms with Crippen LogP contribution >= 0.6 is 0 Å². The first-order valence-corrected chi connectivity index (χ1v) is 7.68. The van der Waals surface area contributed by atoms with Crippen molar-refractivity contribution in [2.45, 2.75) is 38.8 Å². The molecule has 21 heavy (non-hydrogen) atoms. The molecule has 3 rings (SSSR count). The Morgan fingerprint density at radius 1 is 1.29 bits per heavy atom. The highest BCUT2D eigenvalue weighted by molar-refractivity contribution is 5.88. The van der Waals surface area contributed by atoms with E-state index in [4.69, 9.17) is 4.74 Å². The van der Waals surface area contributed by atoms with Gasteiger partial charge in [0.25, 0.3) is 0 Å². The van der Waals surface area contributed by atoms with Gasteiger partial charge >= 0.3 is 5.97 Å². The molecule has 1 aromatic rings. The maximum atomic E-state index is 12.3. The fourth-order valence-electron chi connectivity index (χ4n) is 2.98. The lowest BCUT2D eigenvalue weighted by Crippen LogP contribution is -2.42. The molecule has 1 aliphatic heterocycles. The third-order valence-electron chi connectivity index (χ3n) is 4.46. The SMILES string of the molecule is C[C@@H]1C[C@@H]1C(=O)N1CCC[C@H]1C(=O)OCc1ccccc1. The van der Waals surface area contributed by atoms with Gasteiger partial charge in [-0.25, -0.2) is 4.79 Å². The van der Waals surface area contributed by atoms with Crippen molar-refractivity contribution in [3.63, 3.8) is 0 Å². The minimum atomic E-state index is -0.381. The summed E-state index contributed by atoms with van der Waals surface area (Å²) in [4.78, 5) is 26.3. The average molecular weight is 287 g/mol. The van der Waals surface area contributed by atoms with E-state index in [0.29, 0.717) is 12.5 Å². The normalized spacial score (nSPS) is 27.5. The van der Waals surface area contributed by atoms with Crippen LogP contribution in [-0.2, 0) is 20.9 Å². The highest BCUT2D eigenvalue weighted by atomic mass is 16.5. The van der Waals surface area contributed by atoms with E-state index < -0.39 is 0 Å². The Balaban J connectivity index is 1.57. The Morgan fingerprint density at radius 3 is 2.67 bits per heavy atom. The standard InChI is InChI=1S/C17H21NO3/c1-12-10-14(12)16(19)18-9-5-8-15(18)17(20)21-11-13-6-3-2-4-7-13/h2-4,6-7,12,14-15H,5,8-11H2,1H3/t12-,14+,15+/m1/s1. The molecule has 1 aliphatic carbocycles. The van der Waals surface area contributed by atoms with Crippen LogP contribution in [0.3, 0.4) is 0 Å². The molecule has 0 aromatic heterocycles. The fourth-order valence-corrected chi connectivity index (χ4v) is 2.98. The maximum absolute atomic E-state index is 12.3. The van der Waals surface area contributed by atoms with Gasteiger partial charge in [-0.05, 0) is 30.7 Å². The third kappa shape index (κ3) is 3.09. The molecule has 1 heterocycles. The topological polar surface area (TPSA) is 46.6 Å². The molecule has 1 aromatic carbocycles. The number of nitrogens with zero attached hydrogens (tertiary/aromatic N) is 1. The number of benzene rings is 1. The smallest absolute Gasteiger partial charge is 0.329 e. The van der Waals surface area contributed by atoms with E-state index in [-0.39, 0.29) is 30.4 Å². The lowest BCUT2D eigenvalue weighted by molar-refractivity contribution is -0.155. The quantitative estimate of drug-likeness (QED) is 0.799. The van der Waals surface area contributed by atoms with Crippen molar-refractivity contribution >= 4 is 11.9 Å². The summed E-state index contributed by atoms with van der Waals surface area (Å²) in [5.41, 5.74) is 0.970. The number of hydrogen-bond donors (Lipinski definition) is 0. The molecule has 1 saturated carbocycles. The first-order valence-electron chi connectivity index (χ1n) is 7.68. The number of esters is 1. The summed E-state index contributed by atoms with van der Waals surface area (Å²) in [6.45, 7) is 3.05. The summed E-state index contributed by atoms with van der Waals surface area (Å²) >= 11 is 0. The van der Waals surface area contributed by atoms with Crippen LogP contribution in [-0.4, -0.2) is 29.4 Å². The summed E-state index contributed by atoms with van der Waals surface area (Å²) in [6.07, 6.45) is 2.57. The van der Waals surface area contributed by atoms with Crippen LogP contribution in [0, 0.1) is 11.8 Å². The van der Waals surface area contributed by atoms with Crippen LogP contribution < -0.4 is 0 Å². The van der Waals surface area contributed by atoms with Gasteiger partial charge in [-0.15, -0.1) is 0 Å². The maximum Gasteiger partial charge on any atom is 0.329 e. The van der Waals surface area contributed by atoms with Gasteiger partial charge in [0.05, 0.1) is 0 Å². The van der Waals surface area contributed by atoms with Crippen molar-refractivity contribution in [3.8, 4) is 0 Å². The number of rotatable bonds is 4. The molecule has 2 aliphatic rings. The largest absolute Gasteiger partial charge is 0.459 e. The Bertz CT molecular complexity index is 528. The molecule has 4 heteroatoms. The Morgan fingerprint density at radius 2 is 2.00 bits per heavy atom. The molecule has 3 atom stereocenters. The van der Waals surface area contributed by atoms with E-state index in [9.17, 15) is 9.59 Å². The number of likely N-dealkylation sites (tertiary alicyclic amines) is 1. The Kier molecular flexibility index (Phi) is 3.95. The molecular weight excluding hydrogens is 266 g/mol. The molecule has 1 amide bonds. The molecule has 0 radical (unpaired) electrons. The van der Waals surface area contributed by atoms with Gasteiger partial charge in [-0.2, -0.15) is 0 Å². The van der Waals surface area contributed by atoms with E-state index in [0.717, 1.165) is 24.8 Å². The molecule has 0 spiro atoms. The lowest BCUT2D eigenvalue weighted by Gasteiger charge is -2.23. The summed E-state index contributed by atoms with van der Waals surface area (Å²) in [7, 11) is 0. The highest BCUT2D eigenvalue weighted by Crippen LogP contribution is 2.40. The molecule has 0 N–H and O–H groups in total. The van der Waals surface area contributed by atoms with Gasteiger partial charge < -0.3 is 9.64 Å². The van der Waals surface area contributed by atoms with E-state index in [1.54, 1.807) is 4.90 Å². The van der Waals surface area contributed by atoms with Gasteiger partial charge in [-0.3, -0.25) is 4.79 Å². The highest BCUT2D eigenvalue weighted by Gasteiger charge is 2.45. The van der Waals surface area contributed by atoms with E-state index >= 15 is 0 Å². The summed E-state index contributed by atoms with van der Waals surface area (Å²) < 4.78 is 5.39. The summed E-state index contributed by atoms with van der Waals surface area (Å²) in [5.74, 6) is 0.478. The minimum absolute atomic E-state index is 0.132. The number of carbonyl (C=O) groups is 2. The van der Waals surface area contributed by atoms with Crippen LogP contribution in [0.5, 0.6) is 0 Å². The third-order valence-corrected chi connectivity index (χ3v) is 4.46. The molecule has 112 valence electrons. The zero-order valence-electron chi connectivity index (χ0n) is 12.3. The van der Waals surface area contributed by atoms with Crippen molar-refractivity contribution in [1.82, 2.24) is 4.90 Å². The Hall–Kier alpha value is -1.84. The molecule has 0 unspecified atom stereocenters. The van der Waals surface area contributed by atoms with Crippen molar-refractivity contribution in [2.75, 3.05) is 6.54 Å². The van der Waals surface area contributed by atoms with Crippen LogP contribution in [0.1, 0.15) is 31.7 Å². The van der Waals surface area contributed by atoms with E-state index in [2.05, 4.69) is 6.92 Å². The molecule has 1 saturated heterocycles. The number of amides is 1. The fraction of sp³-hybridized carbons (Fsp3) is 0.529. The van der Waals surface area contributed by atoms with Crippen molar-refractivity contribution in [1.29, 1.82) is 0 Å². The first kappa shape index (κ1) is 14.1. The summed E-state index contributed by atoms with van der Waals surface area (Å²) in [6, 6.07) is 9.24. The zero-order valence-corrected chi connectivity index (χ0v) is 12.3. The summed E-state index contributed by atoms with van der Waals surface area (Å²) in [5, 5.41) is 0. The predicted molar refractivity (Wildman–Crippen MR) is 78.2 cm³/mol. The lowest BCUT2D eigenvalue weighted by atomic mass is 10.2. The molecular formula is C17H21NO3. The number of hydrogen-bond acceptors (Lipinski definition) is 3. The predicted octanol–water partition coefficient (Wildman–Crippen LogP) is 2.38. The first-order chi connectivity index (χ1) is 10.2. The molecule has 4 nitrogen and oxygen atoms in total. The monoisotopic (exact) mass is 287 g/mol. The second-order valence-corrected chi connectivity index (χ2v) is 6.10. The van der Waals surface area contributed by atoms with Crippen LogP contribution in [0.25, 0.3) is 0 Å². The second-order valence-electron chi connectivity index (χ2n) is 6.10. The van der Waals surface area contributed by atoms with Gasteiger partial charge in [0.1, 0.15) is 12.6 Å². The van der Waals surface area contributed by atoms with Crippen molar-refractivity contribution in [3.05, 3.63) is 35.9 Å². The van der Waals surface area contributed by atoms with Gasteiger partial charge in [0.2, 0.25) is 5.91 Å². The minimum Gasteiger partial charge on any atom is -0.459 e. The molecule has 0 bridgehead atoms. The van der Waals surface area contributed by atoms with Gasteiger partial charge in [0, 0.05) is 12.5 Å². The van der Waals surface area contributed by atoms with Gasteiger partial charge in [0.15, 0.2) is 0 Å². The number of carbonyl (C=O) groups excluding carboxylic acids is 2. The van der Waals surface area contributed by atoms with Crippen LogP contribution in [0.4, 0.5) is 0 Å². The van der Waals surface area contributed by atoms with Gasteiger partial charge in [-0.1, -0.05) is 37.3 Å². The van der Waals surface area contributed by atoms with Crippen LogP contribution in [0.2, 0.25) is 0 Å². The zero-order chi connectivity index (χ0) is 14.8. The molecule has 2 fully saturated rings. The average Bonchev–Trinajstić information content (AvgIpc) is 3.03. The Labute approximate surface area is 125 Å².